The fourth-order valence-electron chi connectivity index (χ4n) is 1.68. The number of hydrogen-bond donors (Lipinski definition) is 0. The maximum atomic E-state index is 11.0. The van der Waals surface area contributed by atoms with Crippen molar-refractivity contribution < 1.29 is 9.34 Å². The van der Waals surface area contributed by atoms with E-state index in [9.17, 15) is 10.1 Å². The molecule has 6 heteroatoms. The van der Waals surface area contributed by atoms with Gasteiger partial charge in [-0.1, -0.05) is 13.8 Å². The van der Waals surface area contributed by atoms with Gasteiger partial charge in [-0.3, -0.25) is 10.1 Å². The van der Waals surface area contributed by atoms with Gasteiger partial charge >= 0.3 is 0 Å². The zero-order chi connectivity index (χ0) is 11.9. The van der Waals surface area contributed by atoms with E-state index >= 15 is 0 Å². The van der Waals surface area contributed by atoms with Crippen molar-refractivity contribution in [2.24, 2.45) is 0 Å². The standard InChI is InChI=1S/C10H11N3O3/c1-5(2)7-9(13(14)15)6(3)8-10(12-7)16-4-11-8/h4-5H,1-3H3. The van der Waals surface area contributed by atoms with Crippen LogP contribution < -0.4 is 0 Å². The fraction of sp³-hybridized carbons (Fsp3) is 0.400. The van der Waals surface area contributed by atoms with Gasteiger partial charge in [0.25, 0.3) is 5.69 Å². The van der Waals surface area contributed by atoms with Crippen molar-refractivity contribution in [1.82, 2.24) is 9.97 Å². The summed E-state index contributed by atoms with van der Waals surface area (Å²) >= 11 is 0. The van der Waals surface area contributed by atoms with E-state index in [1.807, 2.05) is 13.8 Å². The molecular formula is C10H11N3O3. The Kier molecular flexibility index (Phi) is 2.34. The molecule has 0 saturated carbocycles. The first kappa shape index (κ1) is 10.5. The zero-order valence-corrected chi connectivity index (χ0v) is 9.22. The number of aryl methyl sites for hydroxylation is 1. The minimum absolute atomic E-state index is 0.0337. The second kappa shape index (κ2) is 3.55. The normalized spacial score (nSPS) is 11.2. The third-order valence-corrected chi connectivity index (χ3v) is 2.45. The lowest BCUT2D eigenvalue weighted by Gasteiger charge is -2.06. The molecule has 2 rings (SSSR count). The van der Waals surface area contributed by atoms with E-state index in [1.54, 1.807) is 6.92 Å². The highest BCUT2D eigenvalue weighted by molar-refractivity contribution is 5.77. The van der Waals surface area contributed by atoms with Gasteiger partial charge in [-0.25, -0.2) is 9.97 Å². The summed E-state index contributed by atoms with van der Waals surface area (Å²) in [5.41, 5.74) is 1.79. The van der Waals surface area contributed by atoms with Gasteiger partial charge in [-0.05, 0) is 6.92 Å². The van der Waals surface area contributed by atoms with Crippen molar-refractivity contribution in [1.29, 1.82) is 0 Å². The molecule has 0 aliphatic heterocycles. The summed E-state index contributed by atoms with van der Waals surface area (Å²) in [5, 5.41) is 11.0. The lowest BCUT2D eigenvalue weighted by Crippen LogP contribution is -2.03. The summed E-state index contributed by atoms with van der Waals surface area (Å²) < 4.78 is 5.08. The summed E-state index contributed by atoms with van der Waals surface area (Å²) in [4.78, 5) is 18.7. The number of oxazole rings is 1. The molecule has 0 radical (unpaired) electrons. The molecule has 2 aromatic rings. The summed E-state index contributed by atoms with van der Waals surface area (Å²) in [6.07, 6.45) is 1.25. The van der Waals surface area contributed by atoms with Crippen LogP contribution in [0.5, 0.6) is 0 Å². The van der Waals surface area contributed by atoms with E-state index in [0.717, 1.165) is 0 Å². The monoisotopic (exact) mass is 221 g/mol. The van der Waals surface area contributed by atoms with E-state index in [4.69, 9.17) is 4.42 Å². The van der Waals surface area contributed by atoms with E-state index in [2.05, 4.69) is 9.97 Å². The molecule has 0 fully saturated rings. The van der Waals surface area contributed by atoms with Gasteiger partial charge in [0.2, 0.25) is 5.71 Å². The minimum atomic E-state index is -0.411. The molecule has 0 aliphatic rings. The largest absolute Gasteiger partial charge is 0.425 e. The third-order valence-electron chi connectivity index (χ3n) is 2.45. The molecule has 2 heterocycles. The molecule has 0 aliphatic carbocycles. The molecule has 0 atom stereocenters. The maximum absolute atomic E-state index is 11.0. The average Bonchev–Trinajstić information content (AvgIpc) is 2.64. The highest BCUT2D eigenvalue weighted by Crippen LogP contribution is 2.32. The third kappa shape index (κ3) is 1.42. The number of pyridine rings is 1. The van der Waals surface area contributed by atoms with Crippen LogP contribution in [0.2, 0.25) is 0 Å². The van der Waals surface area contributed by atoms with Gasteiger partial charge in [0.1, 0.15) is 11.2 Å². The van der Waals surface area contributed by atoms with Gasteiger partial charge in [0.15, 0.2) is 6.39 Å². The fourth-order valence-corrected chi connectivity index (χ4v) is 1.68. The average molecular weight is 221 g/mol. The number of rotatable bonds is 2. The smallest absolute Gasteiger partial charge is 0.296 e. The summed E-state index contributed by atoms with van der Waals surface area (Å²) in [6.45, 7) is 5.38. The lowest BCUT2D eigenvalue weighted by molar-refractivity contribution is -0.386. The molecule has 0 bridgehead atoms. The number of hydrogen-bond acceptors (Lipinski definition) is 5. The maximum Gasteiger partial charge on any atom is 0.296 e. The molecule has 0 spiro atoms. The predicted molar refractivity (Wildman–Crippen MR) is 57.3 cm³/mol. The van der Waals surface area contributed by atoms with Crippen LogP contribution in [0.25, 0.3) is 11.2 Å². The topological polar surface area (TPSA) is 82.1 Å². The SMILES string of the molecule is Cc1c([N+](=O)[O-])c(C(C)C)nc2ocnc12. The Balaban J connectivity index is 2.86. The van der Waals surface area contributed by atoms with Crippen LogP contribution in [-0.4, -0.2) is 14.9 Å². The molecule has 84 valence electrons. The Bertz CT molecular complexity index is 560. The van der Waals surface area contributed by atoms with Gasteiger partial charge in [-0.2, -0.15) is 0 Å². The van der Waals surface area contributed by atoms with Crippen molar-refractivity contribution in [3.05, 3.63) is 27.8 Å². The predicted octanol–water partition coefficient (Wildman–Crippen LogP) is 2.56. The van der Waals surface area contributed by atoms with Crippen LogP contribution in [0.15, 0.2) is 10.8 Å². The zero-order valence-electron chi connectivity index (χ0n) is 9.22. The molecule has 16 heavy (non-hydrogen) atoms. The van der Waals surface area contributed by atoms with Gasteiger partial charge < -0.3 is 4.42 Å². The van der Waals surface area contributed by atoms with E-state index in [1.165, 1.54) is 6.39 Å². The van der Waals surface area contributed by atoms with Crippen LogP contribution >= 0.6 is 0 Å². The lowest BCUT2D eigenvalue weighted by atomic mass is 10.0. The quantitative estimate of drug-likeness (QED) is 0.574. The molecule has 6 nitrogen and oxygen atoms in total. The number of nitro groups is 1. The van der Waals surface area contributed by atoms with Crippen LogP contribution in [0.1, 0.15) is 31.0 Å². The van der Waals surface area contributed by atoms with Crippen LogP contribution in [0, 0.1) is 17.0 Å². The Labute approximate surface area is 91.5 Å². The highest BCUT2D eigenvalue weighted by atomic mass is 16.6. The van der Waals surface area contributed by atoms with Crippen molar-refractivity contribution in [3.8, 4) is 0 Å². The van der Waals surface area contributed by atoms with Crippen molar-refractivity contribution in [2.45, 2.75) is 26.7 Å². The van der Waals surface area contributed by atoms with Gasteiger partial charge in [-0.15, -0.1) is 0 Å². The van der Waals surface area contributed by atoms with Crippen molar-refractivity contribution in [2.75, 3.05) is 0 Å². The Morgan fingerprint density at radius 1 is 1.50 bits per heavy atom. The van der Waals surface area contributed by atoms with Gasteiger partial charge in [0.05, 0.1) is 10.5 Å². The van der Waals surface area contributed by atoms with Crippen molar-refractivity contribution in [3.63, 3.8) is 0 Å². The minimum Gasteiger partial charge on any atom is -0.425 e. The first-order chi connectivity index (χ1) is 7.52. The molecule has 2 aromatic heterocycles. The van der Waals surface area contributed by atoms with Crippen LogP contribution in [0.3, 0.4) is 0 Å². The van der Waals surface area contributed by atoms with Crippen LogP contribution in [0.4, 0.5) is 5.69 Å². The highest BCUT2D eigenvalue weighted by Gasteiger charge is 2.25. The van der Waals surface area contributed by atoms with E-state index in [-0.39, 0.29) is 11.6 Å². The summed E-state index contributed by atoms with van der Waals surface area (Å²) in [6, 6.07) is 0. The first-order valence-corrected chi connectivity index (χ1v) is 4.90. The van der Waals surface area contributed by atoms with Gasteiger partial charge in [0, 0.05) is 5.92 Å². The Hall–Kier alpha value is -1.98. The number of aromatic nitrogens is 2. The van der Waals surface area contributed by atoms with E-state index in [0.29, 0.717) is 22.5 Å². The second-order valence-corrected chi connectivity index (χ2v) is 3.89. The molecule has 0 N–H and O–H groups in total. The molecule has 0 amide bonds. The molecule has 0 aromatic carbocycles. The number of nitrogens with zero attached hydrogens (tertiary/aromatic N) is 3. The van der Waals surface area contributed by atoms with Crippen molar-refractivity contribution >= 4 is 16.9 Å². The Morgan fingerprint density at radius 2 is 2.19 bits per heavy atom. The Morgan fingerprint density at radius 3 is 2.75 bits per heavy atom. The summed E-state index contributed by atoms with van der Waals surface area (Å²) in [7, 11) is 0. The molecule has 0 saturated heterocycles. The van der Waals surface area contributed by atoms with Crippen LogP contribution in [-0.2, 0) is 0 Å². The second-order valence-electron chi connectivity index (χ2n) is 3.89. The first-order valence-electron chi connectivity index (χ1n) is 4.90. The number of fused-ring (bicyclic) bond motifs is 1. The molecule has 0 unspecified atom stereocenters. The summed E-state index contributed by atoms with van der Waals surface area (Å²) in [5.74, 6) is -0.0337. The molecular weight excluding hydrogens is 210 g/mol. The van der Waals surface area contributed by atoms with E-state index < -0.39 is 4.92 Å².